The van der Waals surface area contributed by atoms with Crippen molar-refractivity contribution in [3.8, 4) is 0 Å². The Morgan fingerprint density at radius 2 is 1.64 bits per heavy atom. The molecule has 0 bridgehead atoms. The molecular weight excluding hydrogens is 338 g/mol. The van der Waals surface area contributed by atoms with Crippen molar-refractivity contribution in [2.45, 2.75) is 45.4 Å². The standard InChI is InChI=1S/C18H31N3O3S/c1-7-14(8-2)18(22)19-16-13-15(11-12-17(16)20(5)6)25(23,24)21(9-3)10-4/h11-14H,7-10H2,1-6H3,(H,19,22). The molecule has 142 valence electrons. The molecule has 1 N–H and O–H groups in total. The van der Waals surface area contributed by atoms with Crippen molar-refractivity contribution in [1.82, 2.24) is 4.31 Å². The summed E-state index contributed by atoms with van der Waals surface area (Å²) in [6.45, 7) is 8.38. The van der Waals surface area contributed by atoms with E-state index >= 15 is 0 Å². The molecule has 1 aromatic rings. The van der Waals surface area contributed by atoms with Gasteiger partial charge in [-0.1, -0.05) is 27.7 Å². The SMILES string of the molecule is CCC(CC)C(=O)Nc1cc(S(=O)(=O)N(CC)CC)ccc1N(C)C. The molecule has 0 saturated carbocycles. The molecule has 0 aliphatic rings. The van der Waals surface area contributed by atoms with Crippen molar-refractivity contribution in [2.24, 2.45) is 5.92 Å². The van der Waals surface area contributed by atoms with Crippen molar-refractivity contribution >= 4 is 27.3 Å². The third-order valence-electron chi connectivity index (χ3n) is 4.41. The fourth-order valence-corrected chi connectivity index (χ4v) is 4.26. The monoisotopic (exact) mass is 369 g/mol. The van der Waals surface area contributed by atoms with Crippen LogP contribution in [0.1, 0.15) is 40.5 Å². The lowest BCUT2D eigenvalue weighted by atomic mass is 10.0. The minimum atomic E-state index is -3.57. The number of nitrogens with one attached hydrogen (secondary N) is 1. The molecule has 0 spiro atoms. The number of amides is 1. The predicted molar refractivity (Wildman–Crippen MR) is 104 cm³/mol. The van der Waals surface area contributed by atoms with Crippen molar-refractivity contribution < 1.29 is 13.2 Å². The van der Waals surface area contributed by atoms with Crippen LogP contribution in [0.4, 0.5) is 11.4 Å². The molecule has 1 amide bonds. The number of hydrogen-bond acceptors (Lipinski definition) is 4. The lowest BCUT2D eigenvalue weighted by molar-refractivity contribution is -0.120. The van der Waals surface area contributed by atoms with Gasteiger partial charge in [0.1, 0.15) is 0 Å². The third-order valence-corrected chi connectivity index (χ3v) is 6.45. The van der Waals surface area contributed by atoms with Crippen LogP contribution in [0.15, 0.2) is 23.1 Å². The first kappa shape index (κ1) is 21.4. The molecular formula is C18H31N3O3S. The summed E-state index contributed by atoms with van der Waals surface area (Å²) in [7, 11) is 0.154. The van der Waals surface area contributed by atoms with Gasteiger partial charge in [0.2, 0.25) is 15.9 Å². The molecule has 0 aromatic heterocycles. The Labute approximate surface area is 152 Å². The van der Waals surface area contributed by atoms with Crippen LogP contribution < -0.4 is 10.2 Å². The van der Waals surface area contributed by atoms with E-state index in [1.807, 2.05) is 46.7 Å². The number of carbonyl (C=O) groups is 1. The number of benzene rings is 1. The number of sulfonamides is 1. The Morgan fingerprint density at radius 1 is 1.08 bits per heavy atom. The van der Waals surface area contributed by atoms with Crippen LogP contribution in [-0.2, 0) is 14.8 Å². The fraction of sp³-hybridized carbons (Fsp3) is 0.611. The summed E-state index contributed by atoms with van der Waals surface area (Å²) in [6.07, 6.45) is 1.49. The average Bonchev–Trinajstić information content (AvgIpc) is 2.56. The van der Waals surface area contributed by atoms with Gasteiger partial charge in [0.05, 0.1) is 16.3 Å². The van der Waals surface area contributed by atoms with Crippen LogP contribution >= 0.6 is 0 Å². The van der Waals surface area contributed by atoms with E-state index < -0.39 is 10.0 Å². The minimum absolute atomic E-state index is 0.0783. The van der Waals surface area contributed by atoms with Crippen molar-refractivity contribution in [1.29, 1.82) is 0 Å². The van der Waals surface area contributed by atoms with E-state index in [1.165, 1.54) is 4.31 Å². The van der Waals surface area contributed by atoms with Gasteiger partial charge in [-0.2, -0.15) is 4.31 Å². The second-order valence-electron chi connectivity index (χ2n) is 6.17. The number of hydrogen-bond donors (Lipinski definition) is 1. The maximum absolute atomic E-state index is 12.8. The highest BCUT2D eigenvalue weighted by molar-refractivity contribution is 7.89. The van der Waals surface area contributed by atoms with Crippen LogP contribution in [0.25, 0.3) is 0 Å². The smallest absolute Gasteiger partial charge is 0.243 e. The van der Waals surface area contributed by atoms with Gasteiger partial charge in [0.25, 0.3) is 0 Å². The highest BCUT2D eigenvalue weighted by Gasteiger charge is 2.24. The molecule has 0 aliphatic carbocycles. The molecule has 0 aliphatic heterocycles. The summed E-state index contributed by atoms with van der Waals surface area (Å²) in [5.41, 5.74) is 1.30. The zero-order valence-electron chi connectivity index (χ0n) is 16.2. The quantitative estimate of drug-likeness (QED) is 0.726. The van der Waals surface area contributed by atoms with Crippen LogP contribution in [-0.4, -0.2) is 45.8 Å². The molecule has 1 rings (SSSR count). The molecule has 0 fully saturated rings. The maximum Gasteiger partial charge on any atom is 0.243 e. The van der Waals surface area contributed by atoms with Gasteiger partial charge in [-0.3, -0.25) is 4.79 Å². The van der Waals surface area contributed by atoms with Gasteiger partial charge in [0.15, 0.2) is 0 Å². The number of carbonyl (C=O) groups excluding carboxylic acids is 1. The van der Waals surface area contributed by atoms with E-state index in [4.69, 9.17) is 0 Å². The zero-order chi connectivity index (χ0) is 19.2. The molecule has 0 unspecified atom stereocenters. The van der Waals surface area contributed by atoms with Gasteiger partial charge in [-0.05, 0) is 31.0 Å². The molecule has 25 heavy (non-hydrogen) atoms. The second-order valence-corrected chi connectivity index (χ2v) is 8.10. The lowest BCUT2D eigenvalue weighted by Gasteiger charge is -2.23. The Morgan fingerprint density at radius 3 is 2.08 bits per heavy atom. The highest BCUT2D eigenvalue weighted by Crippen LogP contribution is 2.29. The summed E-state index contributed by atoms with van der Waals surface area (Å²) < 4.78 is 26.9. The van der Waals surface area contributed by atoms with Crippen LogP contribution in [0.2, 0.25) is 0 Å². The average molecular weight is 370 g/mol. The first-order chi connectivity index (χ1) is 11.7. The fourth-order valence-electron chi connectivity index (χ4n) is 2.77. The molecule has 0 saturated heterocycles. The molecule has 6 nitrogen and oxygen atoms in total. The summed E-state index contributed by atoms with van der Waals surface area (Å²) >= 11 is 0. The highest BCUT2D eigenvalue weighted by atomic mass is 32.2. The normalized spacial score (nSPS) is 11.8. The largest absolute Gasteiger partial charge is 0.376 e. The zero-order valence-corrected chi connectivity index (χ0v) is 17.0. The van der Waals surface area contributed by atoms with Gasteiger partial charge in [-0.25, -0.2) is 8.42 Å². The van der Waals surface area contributed by atoms with Crippen molar-refractivity contribution in [3.05, 3.63) is 18.2 Å². The van der Waals surface area contributed by atoms with Gasteiger partial charge in [0, 0.05) is 33.1 Å². The van der Waals surface area contributed by atoms with Gasteiger partial charge < -0.3 is 10.2 Å². The van der Waals surface area contributed by atoms with Crippen molar-refractivity contribution in [2.75, 3.05) is 37.4 Å². The lowest BCUT2D eigenvalue weighted by Crippen LogP contribution is -2.31. The van der Waals surface area contributed by atoms with E-state index in [1.54, 1.807) is 18.2 Å². The first-order valence-electron chi connectivity index (χ1n) is 8.85. The molecule has 7 heteroatoms. The van der Waals surface area contributed by atoms with Crippen LogP contribution in [0.5, 0.6) is 0 Å². The Hall–Kier alpha value is -1.60. The Kier molecular flexibility index (Phi) is 7.89. The van der Waals surface area contributed by atoms with Crippen LogP contribution in [0.3, 0.4) is 0 Å². The van der Waals surface area contributed by atoms with E-state index in [0.717, 1.165) is 18.5 Å². The summed E-state index contributed by atoms with van der Waals surface area (Å²) in [4.78, 5) is 14.5. The second kappa shape index (κ2) is 9.20. The molecule has 1 aromatic carbocycles. The first-order valence-corrected chi connectivity index (χ1v) is 10.3. The molecule has 0 radical (unpaired) electrons. The van der Waals surface area contributed by atoms with E-state index in [-0.39, 0.29) is 16.7 Å². The third kappa shape index (κ3) is 4.95. The Balaban J connectivity index is 3.33. The summed E-state index contributed by atoms with van der Waals surface area (Å²) in [5, 5.41) is 2.92. The molecule has 0 atom stereocenters. The van der Waals surface area contributed by atoms with Gasteiger partial charge >= 0.3 is 0 Å². The minimum Gasteiger partial charge on any atom is -0.376 e. The molecule has 0 heterocycles. The predicted octanol–water partition coefficient (Wildman–Crippen LogP) is 3.16. The Bertz CT molecular complexity index is 679. The summed E-state index contributed by atoms with van der Waals surface area (Å²) in [6, 6.07) is 4.89. The topological polar surface area (TPSA) is 69.7 Å². The number of rotatable bonds is 9. The van der Waals surface area contributed by atoms with E-state index in [2.05, 4.69) is 5.32 Å². The van der Waals surface area contributed by atoms with Crippen LogP contribution in [0, 0.1) is 5.92 Å². The van der Waals surface area contributed by atoms with Crippen molar-refractivity contribution in [3.63, 3.8) is 0 Å². The van der Waals surface area contributed by atoms with Gasteiger partial charge in [-0.15, -0.1) is 0 Å². The number of nitrogens with zero attached hydrogens (tertiary/aromatic N) is 2. The van der Waals surface area contributed by atoms with E-state index in [0.29, 0.717) is 18.8 Å². The van der Waals surface area contributed by atoms with E-state index in [9.17, 15) is 13.2 Å². The maximum atomic E-state index is 12.8. The number of anilines is 2. The summed E-state index contributed by atoms with van der Waals surface area (Å²) in [5.74, 6) is -0.163.